The zero-order valence-corrected chi connectivity index (χ0v) is 17.1. The molecule has 0 spiro atoms. The number of nitrogen functional groups attached to an aromatic ring is 1. The number of halogens is 1. The van der Waals surface area contributed by atoms with Gasteiger partial charge in [0.05, 0.1) is 22.0 Å². The molecule has 8 heteroatoms. The van der Waals surface area contributed by atoms with E-state index in [0.29, 0.717) is 16.6 Å². The molecule has 2 aromatic rings. The molecule has 0 bridgehead atoms. The van der Waals surface area contributed by atoms with Gasteiger partial charge in [0, 0.05) is 17.8 Å². The summed E-state index contributed by atoms with van der Waals surface area (Å²) in [6, 6.07) is 4.69. The van der Waals surface area contributed by atoms with Crippen LogP contribution in [0.3, 0.4) is 0 Å². The number of aromatic nitrogens is 2. The Bertz CT molecular complexity index is 1220. The van der Waals surface area contributed by atoms with Gasteiger partial charge in [-0.25, -0.2) is 13.9 Å². The molecule has 1 fully saturated rings. The van der Waals surface area contributed by atoms with Gasteiger partial charge in [-0.2, -0.15) is 0 Å². The average molecular weight is 399 g/mol. The normalized spacial score (nSPS) is 15.3. The number of aryl methyl sites for hydroxylation is 1. The molecule has 0 unspecified atom stereocenters. The number of nitrogens with one attached hydrogen (secondary N) is 1. The fourth-order valence-corrected chi connectivity index (χ4v) is 3.28. The lowest BCUT2D eigenvalue weighted by atomic mass is 10.1. The van der Waals surface area contributed by atoms with Crippen LogP contribution in [0.15, 0.2) is 40.1 Å². The van der Waals surface area contributed by atoms with E-state index in [9.17, 15) is 14.0 Å². The second-order valence-electron chi connectivity index (χ2n) is 6.99. The predicted molar refractivity (Wildman–Crippen MR) is 113 cm³/mol. The van der Waals surface area contributed by atoms with Crippen molar-refractivity contribution in [3.8, 4) is 0 Å². The predicted octanol–water partition coefficient (Wildman–Crippen LogP) is 1.30. The van der Waals surface area contributed by atoms with Crippen molar-refractivity contribution in [2.75, 3.05) is 11.3 Å². The molecule has 0 atom stereocenters. The molecule has 1 aromatic carbocycles. The largest absolute Gasteiger partial charge is 0.350 e. The summed E-state index contributed by atoms with van der Waals surface area (Å²) in [6.07, 6.45) is 3.06. The Morgan fingerprint density at radius 2 is 1.86 bits per heavy atom. The maximum Gasteiger partial charge on any atom is 0.350 e. The number of anilines is 1. The lowest BCUT2D eigenvalue weighted by Crippen LogP contribution is -2.63. The Morgan fingerprint density at radius 3 is 2.45 bits per heavy atom. The first-order valence-electron chi connectivity index (χ1n) is 9.66. The van der Waals surface area contributed by atoms with Crippen molar-refractivity contribution in [3.63, 3.8) is 0 Å². The maximum absolute atomic E-state index is 14.2. The number of rotatable bonds is 3. The molecule has 0 saturated heterocycles. The SMILES string of the molecule is C=C1C(C)=c2c(c(=O)n(C3CC3)c(=O)n2N)=CN1Nc1ccc(C)cc1F.CC. The maximum atomic E-state index is 14.2. The second-order valence-corrected chi connectivity index (χ2v) is 6.99. The van der Waals surface area contributed by atoms with Crippen molar-refractivity contribution < 1.29 is 4.39 Å². The number of allylic oxidation sites excluding steroid dienone is 1. The summed E-state index contributed by atoms with van der Waals surface area (Å²) >= 11 is 0. The molecule has 0 amide bonds. The Labute approximate surface area is 167 Å². The van der Waals surface area contributed by atoms with Gasteiger partial charge >= 0.3 is 5.69 Å². The van der Waals surface area contributed by atoms with E-state index in [2.05, 4.69) is 12.0 Å². The number of fused-ring (bicyclic) bond motifs is 1. The van der Waals surface area contributed by atoms with Crippen molar-refractivity contribution in [1.29, 1.82) is 0 Å². The molecule has 1 aliphatic heterocycles. The van der Waals surface area contributed by atoms with Gasteiger partial charge in [0.1, 0.15) is 5.82 Å². The summed E-state index contributed by atoms with van der Waals surface area (Å²) in [5.74, 6) is 5.58. The van der Waals surface area contributed by atoms with E-state index < -0.39 is 17.1 Å². The quantitative estimate of drug-likeness (QED) is 0.760. The number of hydrogen-bond donors (Lipinski definition) is 2. The third-order valence-corrected chi connectivity index (χ3v) is 4.97. The summed E-state index contributed by atoms with van der Waals surface area (Å²) in [5.41, 5.74) is 4.06. The number of benzene rings is 1. The Kier molecular flexibility index (Phi) is 5.37. The first kappa shape index (κ1) is 20.4. The minimum Gasteiger partial charge on any atom is -0.335 e. The van der Waals surface area contributed by atoms with Crippen LogP contribution in [0.1, 0.15) is 45.2 Å². The Hall–Kier alpha value is -3.29. The van der Waals surface area contributed by atoms with Crippen LogP contribution in [-0.4, -0.2) is 14.3 Å². The highest BCUT2D eigenvalue weighted by Gasteiger charge is 2.29. The van der Waals surface area contributed by atoms with Gasteiger partial charge in [-0.1, -0.05) is 26.5 Å². The molecule has 0 radical (unpaired) electrons. The summed E-state index contributed by atoms with van der Waals surface area (Å²) in [5, 5.41) is 2.08. The molecular formula is C21H26FN5O2. The lowest BCUT2D eigenvalue weighted by Gasteiger charge is -2.28. The molecule has 1 aliphatic carbocycles. The second kappa shape index (κ2) is 7.62. The summed E-state index contributed by atoms with van der Waals surface area (Å²) in [7, 11) is 0. The average Bonchev–Trinajstić information content (AvgIpc) is 3.52. The number of nitrogens with zero attached hydrogens (tertiary/aromatic N) is 3. The number of hydrogen-bond acceptors (Lipinski definition) is 5. The molecule has 2 aliphatic rings. The van der Waals surface area contributed by atoms with Gasteiger partial charge in [-0.05, 0) is 44.4 Å². The van der Waals surface area contributed by atoms with Gasteiger partial charge in [-0.3, -0.25) is 19.8 Å². The number of hydrazine groups is 1. The molecule has 3 N–H and O–H groups in total. The topological polar surface area (TPSA) is 85.3 Å². The molecule has 1 aromatic heterocycles. The molecular weight excluding hydrogens is 373 g/mol. The van der Waals surface area contributed by atoms with Crippen LogP contribution in [0.2, 0.25) is 0 Å². The van der Waals surface area contributed by atoms with Crippen molar-refractivity contribution in [2.24, 2.45) is 0 Å². The van der Waals surface area contributed by atoms with Crippen LogP contribution in [0.25, 0.3) is 11.8 Å². The molecule has 4 rings (SSSR count). The monoisotopic (exact) mass is 399 g/mol. The van der Waals surface area contributed by atoms with Crippen LogP contribution in [-0.2, 0) is 0 Å². The fourth-order valence-electron chi connectivity index (χ4n) is 3.28. The van der Waals surface area contributed by atoms with Crippen molar-refractivity contribution in [2.45, 2.75) is 46.6 Å². The van der Waals surface area contributed by atoms with E-state index >= 15 is 0 Å². The van der Waals surface area contributed by atoms with E-state index in [1.807, 2.05) is 13.8 Å². The van der Waals surface area contributed by atoms with Crippen LogP contribution in [0.5, 0.6) is 0 Å². The highest BCUT2D eigenvalue weighted by atomic mass is 19.1. The molecule has 1 saturated carbocycles. The van der Waals surface area contributed by atoms with Crippen molar-refractivity contribution >= 4 is 17.5 Å². The molecule has 154 valence electrons. The van der Waals surface area contributed by atoms with Crippen LogP contribution in [0, 0.1) is 12.7 Å². The van der Waals surface area contributed by atoms with E-state index in [-0.39, 0.29) is 16.9 Å². The smallest absolute Gasteiger partial charge is 0.335 e. The first-order chi connectivity index (χ1) is 13.8. The molecule has 29 heavy (non-hydrogen) atoms. The van der Waals surface area contributed by atoms with E-state index in [1.54, 1.807) is 26.0 Å². The van der Waals surface area contributed by atoms with E-state index in [4.69, 9.17) is 5.84 Å². The van der Waals surface area contributed by atoms with Crippen molar-refractivity contribution in [3.05, 3.63) is 73.3 Å². The third kappa shape index (κ3) is 3.46. The Morgan fingerprint density at radius 1 is 1.21 bits per heavy atom. The summed E-state index contributed by atoms with van der Waals surface area (Å²) in [6.45, 7) is 11.5. The third-order valence-electron chi connectivity index (χ3n) is 4.97. The fraction of sp³-hybridized carbons (Fsp3) is 0.333. The lowest BCUT2D eigenvalue weighted by molar-refractivity contribution is 0.570. The van der Waals surface area contributed by atoms with Gasteiger partial charge in [0.15, 0.2) is 0 Å². The summed E-state index contributed by atoms with van der Waals surface area (Å²) < 4.78 is 16.4. The minimum absolute atomic E-state index is 0.111. The van der Waals surface area contributed by atoms with Crippen LogP contribution >= 0.6 is 0 Å². The van der Waals surface area contributed by atoms with Gasteiger partial charge in [0.25, 0.3) is 5.56 Å². The zero-order chi connectivity index (χ0) is 21.5. The zero-order valence-electron chi connectivity index (χ0n) is 17.1. The summed E-state index contributed by atoms with van der Waals surface area (Å²) in [4.78, 5) is 25.4. The number of nitrogens with two attached hydrogens (primary N) is 1. The highest BCUT2D eigenvalue weighted by Crippen LogP contribution is 2.31. The standard InChI is InChI=1S/C19H20FN5O2.C2H6/c1-10-4-7-16(15(20)8-10)22-23-9-14-17(11(2)12(23)3)25(21)19(27)24(18(14)26)13-5-6-13;1-2/h4,7-9,13,22H,3,5-6,21H2,1-2H3;1-2H3. The van der Waals surface area contributed by atoms with Crippen LogP contribution < -0.4 is 33.1 Å². The molecule has 7 nitrogen and oxygen atoms in total. The Balaban J connectivity index is 0.00000117. The van der Waals surface area contributed by atoms with Gasteiger partial charge in [-0.15, -0.1) is 0 Å². The van der Waals surface area contributed by atoms with Crippen molar-refractivity contribution in [1.82, 2.24) is 14.3 Å². The van der Waals surface area contributed by atoms with E-state index in [1.165, 1.54) is 21.8 Å². The molecule has 2 heterocycles. The first-order valence-corrected chi connectivity index (χ1v) is 9.66. The minimum atomic E-state index is -0.534. The highest BCUT2D eigenvalue weighted by molar-refractivity contribution is 5.65. The van der Waals surface area contributed by atoms with Gasteiger partial charge < -0.3 is 5.84 Å². The van der Waals surface area contributed by atoms with E-state index in [0.717, 1.165) is 23.1 Å². The van der Waals surface area contributed by atoms with Crippen LogP contribution in [0.4, 0.5) is 10.1 Å². The van der Waals surface area contributed by atoms with Gasteiger partial charge in [0.2, 0.25) is 0 Å².